The van der Waals surface area contributed by atoms with Crippen LogP contribution in [0.25, 0.3) is 0 Å². The Bertz CT molecular complexity index is 911. The van der Waals surface area contributed by atoms with Crippen LogP contribution in [-0.2, 0) is 9.84 Å². The lowest BCUT2D eigenvalue weighted by Crippen LogP contribution is -2.17. The maximum absolute atomic E-state index is 12.4. The molecule has 0 spiro atoms. The van der Waals surface area contributed by atoms with Crippen molar-refractivity contribution in [1.29, 1.82) is 0 Å². The molecule has 0 radical (unpaired) electrons. The zero-order valence-electron chi connectivity index (χ0n) is 12.7. The number of anilines is 1. The average Bonchev–Trinajstić information content (AvgIpc) is 2.54. The number of sulfone groups is 1. The number of halogens is 1. The highest BCUT2D eigenvalue weighted by atomic mass is 35.5. The Balaban J connectivity index is 1.87. The van der Waals surface area contributed by atoms with Crippen LogP contribution in [0.4, 0.5) is 5.69 Å². The second kappa shape index (κ2) is 6.33. The summed E-state index contributed by atoms with van der Waals surface area (Å²) in [6.45, 7) is 0.916. The Hall–Kier alpha value is -2.25. The number of ether oxygens (including phenoxy) is 2. The molecule has 1 amide bonds. The fourth-order valence-corrected chi connectivity index (χ4v) is 3.08. The summed E-state index contributed by atoms with van der Waals surface area (Å²) in [4.78, 5) is 12.4. The van der Waals surface area contributed by atoms with Gasteiger partial charge in [-0.1, -0.05) is 11.6 Å². The third-order valence-electron chi connectivity index (χ3n) is 3.41. The molecule has 0 aromatic heterocycles. The second-order valence-corrected chi connectivity index (χ2v) is 7.65. The highest BCUT2D eigenvalue weighted by Crippen LogP contribution is 2.33. The summed E-state index contributed by atoms with van der Waals surface area (Å²) in [6.07, 6.45) is 1.07. The van der Waals surface area contributed by atoms with E-state index in [4.69, 9.17) is 21.1 Å². The largest absolute Gasteiger partial charge is 0.486 e. The van der Waals surface area contributed by atoms with Crippen molar-refractivity contribution in [3.05, 3.63) is 47.0 Å². The third-order valence-corrected chi connectivity index (χ3v) is 4.85. The highest BCUT2D eigenvalue weighted by Gasteiger charge is 2.17. The number of nitrogens with one attached hydrogen (secondary N) is 1. The number of rotatable bonds is 3. The van der Waals surface area contributed by atoms with E-state index in [-0.39, 0.29) is 15.5 Å². The standard InChI is InChI=1S/C16H14ClNO5S/c1-24(20,21)11-3-4-13(17)12(9-11)16(19)18-10-2-5-14-15(8-10)23-7-6-22-14/h2-5,8-9H,6-7H2,1H3,(H,18,19). The summed E-state index contributed by atoms with van der Waals surface area (Å²) < 4.78 is 34.1. The van der Waals surface area contributed by atoms with Crippen molar-refractivity contribution in [3.8, 4) is 11.5 Å². The molecule has 1 heterocycles. The van der Waals surface area contributed by atoms with E-state index < -0.39 is 15.7 Å². The van der Waals surface area contributed by atoms with Crippen molar-refractivity contribution in [1.82, 2.24) is 0 Å². The van der Waals surface area contributed by atoms with Crippen LogP contribution >= 0.6 is 11.6 Å². The highest BCUT2D eigenvalue weighted by molar-refractivity contribution is 7.90. The molecule has 126 valence electrons. The topological polar surface area (TPSA) is 81.7 Å². The summed E-state index contributed by atoms with van der Waals surface area (Å²) in [5.41, 5.74) is 0.569. The van der Waals surface area contributed by atoms with Gasteiger partial charge in [0.05, 0.1) is 15.5 Å². The molecule has 0 bridgehead atoms. The first-order chi connectivity index (χ1) is 11.3. The second-order valence-electron chi connectivity index (χ2n) is 5.23. The van der Waals surface area contributed by atoms with Gasteiger partial charge in [-0.25, -0.2) is 8.42 Å². The Morgan fingerprint density at radius 3 is 2.50 bits per heavy atom. The molecule has 6 nitrogen and oxygen atoms in total. The van der Waals surface area contributed by atoms with Gasteiger partial charge in [0.15, 0.2) is 21.3 Å². The van der Waals surface area contributed by atoms with Crippen molar-refractivity contribution < 1.29 is 22.7 Å². The van der Waals surface area contributed by atoms with Crippen molar-refractivity contribution in [3.63, 3.8) is 0 Å². The maximum atomic E-state index is 12.4. The van der Waals surface area contributed by atoms with Crippen LogP contribution in [0, 0.1) is 0 Å². The molecule has 24 heavy (non-hydrogen) atoms. The maximum Gasteiger partial charge on any atom is 0.257 e. The molecule has 0 atom stereocenters. The Morgan fingerprint density at radius 2 is 1.79 bits per heavy atom. The van der Waals surface area contributed by atoms with E-state index in [9.17, 15) is 13.2 Å². The number of hydrogen-bond acceptors (Lipinski definition) is 5. The summed E-state index contributed by atoms with van der Waals surface area (Å²) in [5, 5.41) is 2.84. The van der Waals surface area contributed by atoms with Crippen LogP contribution in [0.15, 0.2) is 41.3 Å². The van der Waals surface area contributed by atoms with Crippen LogP contribution in [0.2, 0.25) is 5.02 Å². The predicted octanol–water partition coefficient (Wildman–Crippen LogP) is 2.77. The van der Waals surface area contributed by atoms with Gasteiger partial charge in [-0.2, -0.15) is 0 Å². The molecule has 8 heteroatoms. The van der Waals surface area contributed by atoms with Crippen LogP contribution in [0.1, 0.15) is 10.4 Å². The van der Waals surface area contributed by atoms with Crippen molar-refractivity contribution in [2.75, 3.05) is 24.8 Å². The lowest BCUT2D eigenvalue weighted by atomic mass is 10.2. The average molecular weight is 368 g/mol. The third kappa shape index (κ3) is 3.47. The van der Waals surface area contributed by atoms with Gasteiger partial charge in [-0.15, -0.1) is 0 Å². The van der Waals surface area contributed by atoms with Gasteiger partial charge in [0.1, 0.15) is 13.2 Å². The smallest absolute Gasteiger partial charge is 0.257 e. The van der Waals surface area contributed by atoms with Gasteiger partial charge in [-0.05, 0) is 30.3 Å². The molecule has 0 saturated carbocycles. The lowest BCUT2D eigenvalue weighted by Gasteiger charge is -2.19. The van der Waals surface area contributed by atoms with E-state index in [1.807, 2.05) is 0 Å². The predicted molar refractivity (Wildman–Crippen MR) is 89.9 cm³/mol. The molecule has 2 aromatic carbocycles. The Kier molecular flexibility index (Phi) is 4.38. The zero-order valence-corrected chi connectivity index (χ0v) is 14.3. The number of carbonyl (C=O) groups is 1. The number of benzene rings is 2. The van der Waals surface area contributed by atoms with E-state index in [1.165, 1.54) is 18.2 Å². The Labute approximate surface area is 144 Å². The number of amides is 1. The van der Waals surface area contributed by atoms with E-state index in [0.29, 0.717) is 30.4 Å². The summed E-state index contributed by atoms with van der Waals surface area (Å²) in [7, 11) is -3.44. The molecule has 1 aliphatic heterocycles. The first-order valence-electron chi connectivity index (χ1n) is 7.05. The van der Waals surface area contributed by atoms with E-state index in [0.717, 1.165) is 6.26 Å². The van der Waals surface area contributed by atoms with E-state index in [2.05, 4.69) is 5.32 Å². The lowest BCUT2D eigenvalue weighted by molar-refractivity contribution is 0.102. The van der Waals surface area contributed by atoms with Crippen LogP contribution < -0.4 is 14.8 Å². The molecule has 0 fully saturated rings. The SMILES string of the molecule is CS(=O)(=O)c1ccc(Cl)c(C(=O)Nc2ccc3c(c2)OCCO3)c1. The molecular weight excluding hydrogens is 354 g/mol. The molecule has 0 aliphatic carbocycles. The van der Waals surface area contributed by atoms with Gasteiger partial charge >= 0.3 is 0 Å². The monoisotopic (exact) mass is 367 g/mol. The molecule has 0 saturated heterocycles. The zero-order chi connectivity index (χ0) is 17.3. The van der Waals surface area contributed by atoms with Crippen LogP contribution in [0.3, 0.4) is 0 Å². The van der Waals surface area contributed by atoms with Crippen molar-refractivity contribution in [2.24, 2.45) is 0 Å². The minimum absolute atomic E-state index is 0.0271. The molecular formula is C16H14ClNO5S. The fraction of sp³-hybridized carbons (Fsp3) is 0.188. The summed E-state index contributed by atoms with van der Waals surface area (Å²) >= 11 is 6.02. The first-order valence-corrected chi connectivity index (χ1v) is 9.32. The van der Waals surface area contributed by atoms with E-state index >= 15 is 0 Å². The van der Waals surface area contributed by atoms with Crippen LogP contribution in [0.5, 0.6) is 11.5 Å². The Morgan fingerprint density at radius 1 is 1.08 bits per heavy atom. The van der Waals surface area contributed by atoms with Crippen LogP contribution in [-0.4, -0.2) is 33.8 Å². The van der Waals surface area contributed by atoms with E-state index in [1.54, 1.807) is 18.2 Å². The quantitative estimate of drug-likeness (QED) is 0.902. The number of hydrogen-bond donors (Lipinski definition) is 1. The fourth-order valence-electron chi connectivity index (χ4n) is 2.23. The minimum Gasteiger partial charge on any atom is -0.486 e. The molecule has 2 aromatic rings. The van der Waals surface area contributed by atoms with Gasteiger partial charge in [0, 0.05) is 18.0 Å². The van der Waals surface area contributed by atoms with Crippen molar-refractivity contribution in [2.45, 2.75) is 4.90 Å². The van der Waals surface area contributed by atoms with Gasteiger partial charge in [0.2, 0.25) is 0 Å². The number of carbonyl (C=O) groups excluding carboxylic acids is 1. The molecule has 0 unspecified atom stereocenters. The summed E-state index contributed by atoms with van der Waals surface area (Å²) in [6, 6.07) is 9.00. The van der Waals surface area contributed by atoms with Gasteiger partial charge in [-0.3, -0.25) is 4.79 Å². The molecule has 1 aliphatic rings. The van der Waals surface area contributed by atoms with Gasteiger partial charge in [0.25, 0.3) is 5.91 Å². The normalized spacial score (nSPS) is 13.4. The first kappa shape index (κ1) is 16.6. The number of fused-ring (bicyclic) bond motifs is 1. The molecule has 1 N–H and O–H groups in total. The molecule has 3 rings (SSSR count). The minimum atomic E-state index is -3.44. The van der Waals surface area contributed by atoms with Gasteiger partial charge < -0.3 is 14.8 Å². The summed E-state index contributed by atoms with van der Waals surface area (Å²) in [5.74, 6) is 0.633. The van der Waals surface area contributed by atoms with Crippen molar-refractivity contribution >= 4 is 33.0 Å².